The molecule has 2 N–H and O–H groups in total. The number of aliphatic hydroxyl groups excluding tert-OH is 2. The van der Waals surface area contributed by atoms with Gasteiger partial charge >= 0.3 is 5.97 Å². The van der Waals surface area contributed by atoms with Crippen LogP contribution in [0.5, 0.6) is 0 Å². The lowest BCUT2D eigenvalue weighted by molar-refractivity contribution is -0.135. The van der Waals surface area contributed by atoms with Gasteiger partial charge in [-0.3, -0.25) is 4.79 Å². The number of hydrogen-bond acceptors (Lipinski definition) is 8. The molecule has 3 saturated heterocycles. The predicted molar refractivity (Wildman–Crippen MR) is 169 cm³/mol. The maximum atomic E-state index is 15.7. The molecule has 8 nitrogen and oxygen atoms in total. The quantitative estimate of drug-likeness (QED) is 0.0907. The molecule has 254 valence electrons. The number of ketones is 1. The molecule has 0 aromatic carbocycles. The molecule has 1 aliphatic carbocycles. The number of rotatable bonds is 11. The number of hydrogen-bond donors (Lipinski definition) is 2. The van der Waals surface area contributed by atoms with Gasteiger partial charge in [-0.25, -0.2) is 9.18 Å². The van der Waals surface area contributed by atoms with Crippen LogP contribution in [-0.2, 0) is 28.5 Å². The number of carbonyl (C=O) groups is 2. The molecule has 45 heavy (non-hydrogen) atoms. The summed E-state index contributed by atoms with van der Waals surface area (Å²) < 4.78 is 38.8. The Labute approximate surface area is 268 Å². The molecular formula is C36H55FO8. The molecule has 9 heteroatoms. The lowest BCUT2D eigenvalue weighted by Gasteiger charge is -2.41. The third-order valence-corrected chi connectivity index (χ3v) is 11.0. The largest absolute Gasteiger partial charge is 0.511 e. The van der Waals surface area contributed by atoms with Crippen LogP contribution in [0.4, 0.5) is 4.39 Å². The maximum absolute atomic E-state index is 15.7. The number of alkyl halides is 1. The molecule has 0 unspecified atom stereocenters. The van der Waals surface area contributed by atoms with Crippen molar-refractivity contribution in [3.8, 4) is 0 Å². The molecule has 0 aromatic heterocycles. The maximum Gasteiger partial charge on any atom is 0.345 e. The molecule has 4 rings (SSSR count). The molecule has 0 spiro atoms. The number of ether oxygens (including phenoxy) is 4. The number of carbonyl (C=O) groups excluding carboxylic acids is 2. The van der Waals surface area contributed by atoms with Crippen LogP contribution < -0.4 is 0 Å². The summed E-state index contributed by atoms with van der Waals surface area (Å²) >= 11 is 0. The topological polar surface area (TPSA) is 112 Å². The predicted octanol–water partition coefficient (Wildman–Crippen LogP) is 6.22. The van der Waals surface area contributed by atoms with E-state index in [0.29, 0.717) is 6.42 Å². The highest BCUT2D eigenvalue weighted by Gasteiger charge is 2.50. The Balaban J connectivity index is 1.51. The van der Waals surface area contributed by atoms with Crippen molar-refractivity contribution in [1.82, 2.24) is 0 Å². The van der Waals surface area contributed by atoms with Crippen LogP contribution in [-0.4, -0.2) is 78.5 Å². The normalized spacial score (nSPS) is 39.6. The number of cyclic esters (lactones) is 1. The monoisotopic (exact) mass is 634 g/mol. The Kier molecular flexibility index (Phi) is 12.1. The standard InChI is InChI=1S/C36H55FO8/c1-8-24(34-36(6,37)17-29(45-34)23(5)42-7)13-15-27-14-12-21(3)33(44-27)26(18-38)16-25-11-9-10-20(2)30(25)22(4)32(40)31-28(39)19-43-35(31)41/h13,15-16,20-25,27,29-30,33-34,38,40H,8-12,14,17-19H2,1-7H3/b15-13+,26-16+,32-31-/t20-,21-,22+,23+,24+,25-,27+,29-,30-,33-,34+,36+/m1/s1. The molecule has 12 atom stereocenters. The van der Waals surface area contributed by atoms with Gasteiger partial charge < -0.3 is 29.2 Å². The Morgan fingerprint density at radius 3 is 2.49 bits per heavy atom. The molecule has 0 bridgehead atoms. The summed E-state index contributed by atoms with van der Waals surface area (Å²) in [5, 5.41) is 21.7. The first-order valence-electron chi connectivity index (χ1n) is 17.0. The van der Waals surface area contributed by atoms with Crippen molar-refractivity contribution < 1.29 is 43.1 Å². The van der Waals surface area contributed by atoms with Gasteiger partial charge in [-0.05, 0) is 68.8 Å². The molecule has 1 saturated carbocycles. The average molecular weight is 635 g/mol. The fourth-order valence-corrected chi connectivity index (χ4v) is 8.24. The van der Waals surface area contributed by atoms with Gasteiger partial charge in [-0.1, -0.05) is 58.8 Å². The molecule has 0 aromatic rings. The Bertz CT molecular complexity index is 1130. The van der Waals surface area contributed by atoms with Crippen molar-refractivity contribution >= 4 is 11.8 Å². The lowest BCUT2D eigenvalue weighted by Crippen LogP contribution is -2.38. The van der Waals surface area contributed by atoms with Crippen molar-refractivity contribution in [2.75, 3.05) is 20.3 Å². The van der Waals surface area contributed by atoms with E-state index in [0.717, 1.165) is 44.1 Å². The zero-order chi connectivity index (χ0) is 33.1. The van der Waals surface area contributed by atoms with Crippen LogP contribution in [0.25, 0.3) is 0 Å². The van der Waals surface area contributed by atoms with Crippen molar-refractivity contribution in [1.29, 1.82) is 0 Å². The lowest BCUT2D eigenvalue weighted by atomic mass is 9.66. The minimum Gasteiger partial charge on any atom is -0.511 e. The zero-order valence-electron chi connectivity index (χ0n) is 28.2. The summed E-state index contributed by atoms with van der Waals surface area (Å²) in [6, 6.07) is 0. The van der Waals surface area contributed by atoms with Crippen molar-refractivity contribution in [3.05, 3.63) is 35.1 Å². The molecule has 3 aliphatic heterocycles. The van der Waals surface area contributed by atoms with Gasteiger partial charge in [0, 0.05) is 25.4 Å². The SMILES string of the molecule is CC[C@@H](/C=C/[C@@H]1CC[C@@H](C)[C@H](/C(=C/[C@H]2CCC[C@@H](C)[C@@H]2[C@H](C)/C(O)=C2\C(=O)COC2=O)CO)O1)[C@@H]1O[C@@H]([C@H](C)OC)C[C@]1(C)F. The summed E-state index contributed by atoms with van der Waals surface area (Å²) in [6.07, 6.45) is 10.4. The number of methoxy groups -OCH3 is 1. The summed E-state index contributed by atoms with van der Waals surface area (Å²) in [7, 11) is 1.62. The minimum atomic E-state index is -1.46. The molecule has 3 heterocycles. The first kappa shape index (κ1) is 35.8. The number of aliphatic hydroxyl groups is 2. The zero-order valence-corrected chi connectivity index (χ0v) is 28.2. The van der Waals surface area contributed by atoms with Gasteiger partial charge in [-0.15, -0.1) is 0 Å². The highest BCUT2D eigenvalue weighted by atomic mass is 19.1. The Hall–Kier alpha value is -2.07. The highest BCUT2D eigenvalue weighted by molar-refractivity contribution is 6.22. The van der Waals surface area contributed by atoms with Crippen molar-refractivity contribution in [2.24, 2.45) is 35.5 Å². The summed E-state index contributed by atoms with van der Waals surface area (Å²) in [6.45, 7) is 11.2. The van der Waals surface area contributed by atoms with Crippen LogP contribution in [0.2, 0.25) is 0 Å². The van der Waals surface area contributed by atoms with E-state index in [-0.39, 0.29) is 78.6 Å². The van der Waals surface area contributed by atoms with Gasteiger partial charge in [0.15, 0.2) is 6.61 Å². The van der Waals surface area contributed by atoms with E-state index >= 15 is 4.39 Å². The van der Waals surface area contributed by atoms with E-state index in [9.17, 15) is 19.8 Å². The fraction of sp³-hybridized carbons (Fsp3) is 0.778. The first-order valence-corrected chi connectivity index (χ1v) is 17.0. The number of esters is 1. The van der Waals surface area contributed by atoms with E-state index in [2.05, 4.69) is 26.0 Å². The Morgan fingerprint density at radius 2 is 1.87 bits per heavy atom. The van der Waals surface area contributed by atoms with Crippen molar-refractivity contribution in [2.45, 2.75) is 123 Å². The summed E-state index contributed by atoms with van der Waals surface area (Å²) in [4.78, 5) is 24.5. The smallest absolute Gasteiger partial charge is 0.345 e. The number of halogens is 1. The molecule has 4 fully saturated rings. The van der Waals surface area contributed by atoms with Gasteiger partial charge in [0.1, 0.15) is 17.0 Å². The second kappa shape index (κ2) is 15.2. The number of allylic oxidation sites excluding steroid dienone is 2. The third kappa shape index (κ3) is 7.91. The van der Waals surface area contributed by atoms with E-state index in [4.69, 9.17) is 18.9 Å². The molecular weight excluding hydrogens is 579 g/mol. The van der Waals surface area contributed by atoms with Crippen LogP contribution >= 0.6 is 0 Å². The van der Waals surface area contributed by atoms with Crippen molar-refractivity contribution in [3.63, 3.8) is 0 Å². The fourth-order valence-electron chi connectivity index (χ4n) is 8.24. The van der Waals surface area contributed by atoms with Gasteiger partial charge in [-0.2, -0.15) is 0 Å². The molecule has 0 amide bonds. The van der Waals surface area contributed by atoms with Crippen LogP contribution in [0.15, 0.2) is 35.1 Å². The van der Waals surface area contributed by atoms with Crippen LogP contribution in [0.1, 0.15) is 86.5 Å². The molecule has 4 aliphatic rings. The molecule has 0 radical (unpaired) electrons. The summed E-state index contributed by atoms with van der Waals surface area (Å²) in [5.74, 6) is -1.54. The van der Waals surface area contributed by atoms with Gasteiger partial charge in [0.25, 0.3) is 0 Å². The second-order valence-corrected chi connectivity index (χ2v) is 14.2. The van der Waals surface area contributed by atoms with Gasteiger partial charge in [0.05, 0.1) is 37.1 Å². The van der Waals surface area contributed by atoms with Crippen LogP contribution in [0.3, 0.4) is 0 Å². The average Bonchev–Trinajstić information content (AvgIpc) is 3.52. The summed E-state index contributed by atoms with van der Waals surface area (Å²) in [5.41, 5.74) is -0.867. The Morgan fingerprint density at radius 1 is 1.13 bits per heavy atom. The third-order valence-electron chi connectivity index (χ3n) is 11.0. The highest BCUT2D eigenvalue weighted by Crippen LogP contribution is 2.45. The van der Waals surface area contributed by atoms with E-state index in [1.54, 1.807) is 14.0 Å². The van der Waals surface area contributed by atoms with Gasteiger partial charge in [0.2, 0.25) is 5.78 Å². The number of Topliss-reactive ketones (excluding diaryl/α,β-unsaturated/α-hetero) is 1. The van der Waals surface area contributed by atoms with E-state index < -0.39 is 29.4 Å². The minimum absolute atomic E-state index is 0.0278. The van der Waals surface area contributed by atoms with Crippen LogP contribution in [0, 0.1) is 35.5 Å². The second-order valence-electron chi connectivity index (χ2n) is 14.2. The van der Waals surface area contributed by atoms with E-state index in [1.165, 1.54) is 0 Å². The first-order chi connectivity index (χ1) is 21.3. The van der Waals surface area contributed by atoms with E-state index in [1.807, 2.05) is 26.8 Å².